The summed E-state index contributed by atoms with van der Waals surface area (Å²) in [5.74, 6) is 0. The molecule has 7 heteroatoms. The first-order valence-corrected chi connectivity index (χ1v) is 5.02. The van der Waals surface area contributed by atoms with Gasteiger partial charge in [0, 0.05) is 6.20 Å². The molecule has 0 radical (unpaired) electrons. The fourth-order valence-corrected chi connectivity index (χ4v) is 1.80. The van der Waals surface area contributed by atoms with Crippen LogP contribution in [0.5, 0.6) is 0 Å². The van der Waals surface area contributed by atoms with Gasteiger partial charge in [-0.3, -0.25) is 4.40 Å². The van der Waals surface area contributed by atoms with Crippen LogP contribution in [-0.2, 0) is 12.9 Å². The molecule has 0 amide bonds. The number of pyridine rings is 1. The van der Waals surface area contributed by atoms with Gasteiger partial charge in [-0.2, -0.15) is 13.2 Å². The SMILES string of the molecule is FCc1nc2ccc(C(F)(F)F)cn2c1Br. The monoisotopic (exact) mass is 296 g/mol. The summed E-state index contributed by atoms with van der Waals surface area (Å²) in [7, 11) is 0. The second-order valence-electron chi connectivity index (χ2n) is 3.13. The van der Waals surface area contributed by atoms with E-state index in [0.29, 0.717) is 0 Å². The van der Waals surface area contributed by atoms with E-state index in [0.717, 1.165) is 16.7 Å². The minimum atomic E-state index is -4.42. The Morgan fingerprint density at radius 2 is 2.00 bits per heavy atom. The number of fused-ring (bicyclic) bond motifs is 1. The summed E-state index contributed by atoms with van der Waals surface area (Å²) in [6, 6.07) is 2.11. The van der Waals surface area contributed by atoms with E-state index >= 15 is 0 Å². The average Bonchev–Trinajstić information content (AvgIpc) is 2.54. The Balaban J connectivity index is 2.66. The predicted molar refractivity (Wildman–Crippen MR) is 52.7 cm³/mol. The molecule has 0 N–H and O–H groups in total. The Morgan fingerprint density at radius 1 is 1.31 bits per heavy atom. The van der Waals surface area contributed by atoms with Crippen molar-refractivity contribution in [2.75, 3.05) is 0 Å². The van der Waals surface area contributed by atoms with Crippen molar-refractivity contribution >= 4 is 21.6 Å². The second kappa shape index (κ2) is 3.73. The molecule has 2 rings (SSSR count). The molecule has 0 atom stereocenters. The Hall–Kier alpha value is -1.11. The fourth-order valence-electron chi connectivity index (χ4n) is 1.32. The highest BCUT2D eigenvalue weighted by Gasteiger charge is 2.31. The zero-order chi connectivity index (χ0) is 11.9. The topological polar surface area (TPSA) is 17.3 Å². The van der Waals surface area contributed by atoms with Crippen LogP contribution in [0.25, 0.3) is 5.65 Å². The number of halogens is 5. The average molecular weight is 297 g/mol. The van der Waals surface area contributed by atoms with Gasteiger partial charge < -0.3 is 0 Å². The number of aromatic nitrogens is 2. The van der Waals surface area contributed by atoms with Crippen molar-refractivity contribution in [1.82, 2.24) is 9.38 Å². The summed E-state index contributed by atoms with van der Waals surface area (Å²) in [5.41, 5.74) is -0.449. The van der Waals surface area contributed by atoms with Gasteiger partial charge in [-0.05, 0) is 28.1 Å². The van der Waals surface area contributed by atoms with E-state index in [9.17, 15) is 17.6 Å². The molecule has 2 aromatic heterocycles. The molecule has 0 fully saturated rings. The van der Waals surface area contributed by atoms with Gasteiger partial charge in [0.2, 0.25) is 0 Å². The van der Waals surface area contributed by atoms with Crippen molar-refractivity contribution in [3.05, 3.63) is 34.2 Å². The van der Waals surface area contributed by atoms with Crippen LogP contribution in [0.4, 0.5) is 17.6 Å². The number of alkyl halides is 4. The smallest absolute Gasteiger partial charge is 0.293 e. The van der Waals surface area contributed by atoms with Crippen molar-refractivity contribution in [2.45, 2.75) is 12.9 Å². The van der Waals surface area contributed by atoms with Gasteiger partial charge in [0.25, 0.3) is 0 Å². The molecule has 2 aromatic rings. The Labute approximate surface area is 96.0 Å². The molecule has 86 valence electrons. The highest BCUT2D eigenvalue weighted by atomic mass is 79.9. The lowest BCUT2D eigenvalue weighted by Crippen LogP contribution is -2.06. The maximum Gasteiger partial charge on any atom is 0.417 e. The first-order chi connectivity index (χ1) is 7.43. The molecule has 0 spiro atoms. The summed E-state index contributed by atoms with van der Waals surface area (Å²) in [6.45, 7) is -0.830. The van der Waals surface area contributed by atoms with Crippen LogP contribution in [0.2, 0.25) is 0 Å². The van der Waals surface area contributed by atoms with Crippen molar-refractivity contribution < 1.29 is 17.6 Å². The minimum absolute atomic E-state index is 0.0827. The molecular formula is C9H5BrF4N2. The molecule has 2 nitrogen and oxygen atoms in total. The van der Waals surface area contributed by atoms with Crippen molar-refractivity contribution in [1.29, 1.82) is 0 Å². The van der Waals surface area contributed by atoms with Gasteiger partial charge in [0.05, 0.1) is 5.56 Å². The minimum Gasteiger partial charge on any atom is -0.293 e. The normalized spacial score (nSPS) is 12.3. The van der Waals surface area contributed by atoms with Crippen LogP contribution >= 0.6 is 15.9 Å². The van der Waals surface area contributed by atoms with E-state index in [4.69, 9.17) is 0 Å². The molecule has 0 bridgehead atoms. The zero-order valence-corrected chi connectivity index (χ0v) is 9.31. The van der Waals surface area contributed by atoms with Gasteiger partial charge >= 0.3 is 6.18 Å². The van der Waals surface area contributed by atoms with Crippen molar-refractivity contribution in [3.63, 3.8) is 0 Å². The standard InChI is InChI=1S/C9H5BrF4N2/c10-8-6(3-11)15-7-2-1-5(4-16(7)8)9(12,13)14/h1-2,4H,3H2. The highest BCUT2D eigenvalue weighted by molar-refractivity contribution is 9.10. The van der Waals surface area contributed by atoms with E-state index in [-0.39, 0.29) is 15.9 Å². The number of nitrogens with zero attached hydrogens (tertiary/aromatic N) is 2. The van der Waals surface area contributed by atoms with Gasteiger partial charge in [-0.15, -0.1) is 0 Å². The summed E-state index contributed by atoms with van der Waals surface area (Å²) in [5, 5.41) is 0. The second-order valence-corrected chi connectivity index (χ2v) is 3.88. The Bertz CT molecular complexity index is 532. The van der Waals surface area contributed by atoms with Crippen molar-refractivity contribution in [3.8, 4) is 0 Å². The van der Waals surface area contributed by atoms with E-state index in [2.05, 4.69) is 20.9 Å². The molecule has 0 aliphatic carbocycles. The molecule has 0 saturated carbocycles. The number of hydrogen-bond acceptors (Lipinski definition) is 1. The van der Waals surface area contributed by atoms with Crippen LogP contribution in [0.3, 0.4) is 0 Å². The molecule has 0 unspecified atom stereocenters. The summed E-state index contributed by atoms with van der Waals surface area (Å²) in [6.07, 6.45) is -3.54. The van der Waals surface area contributed by atoms with Crippen LogP contribution < -0.4 is 0 Å². The number of rotatable bonds is 1. The van der Waals surface area contributed by atoms with Crippen LogP contribution in [0.15, 0.2) is 22.9 Å². The van der Waals surface area contributed by atoms with Crippen molar-refractivity contribution in [2.24, 2.45) is 0 Å². The maximum atomic E-state index is 12.4. The lowest BCUT2D eigenvalue weighted by atomic mass is 10.3. The third-order valence-corrected chi connectivity index (χ3v) is 2.92. The van der Waals surface area contributed by atoms with E-state index < -0.39 is 18.4 Å². The summed E-state index contributed by atoms with van der Waals surface area (Å²) < 4.78 is 51.0. The molecule has 0 aliphatic rings. The molecule has 2 heterocycles. The maximum absolute atomic E-state index is 12.4. The van der Waals surface area contributed by atoms with Crippen LogP contribution in [-0.4, -0.2) is 9.38 Å². The van der Waals surface area contributed by atoms with Crippen LogP contribution in [0.1, 0.15) is 11.3 Å². The lowest BCUT2D eigenvalue weighted by Gasteiger charge is -2.06. The lowest BCUT2D eigenvalue weighted by molar-refractivity contribution is -0.137. The van der Waals surface area contributed by atoms with Gasteiger partial charge in [0.1, 0.15) is 22.6 Å². The first-order valence-electron chi connectivity index (χ1n) is 4.23. The third kappa shape index (κ3) is 1.79. The molecular weight excluding hydrogens is 292 g/mol. The zero-order valence-electron chi connectivity index (χ0n) is 7.72. The van der Waals surface area contributed by atoms with Gasteiger partial charge in [-0.1, -0.05) is 0 Å². The Morgan fingerprint density at radius 3 is 2.56 bits per heavy atom. The van der Waals surface area contributed by atoms with E-state index in [1.807, 2.05) is 0 Å². The van der Waals surface area contributed by atoms with E-state index in [1.54, 1.807) is 0 Å². The highest BCUT2D eigenvalue weighted by Crippen LogP contribution is 2.30. The largest absolute Gasteiger partial charge is 0.417 e. The summed E-state index contributed by atoms with van der Waals surface area (Å²) in [4.78, 5) is 3.83. The molecule has 0 saturated heterocycles. The third-order valence-electron chi connectivity index (χ3n) is 2.08. The number of imidazole rings is 1. The summed E-state index contributed by atoms with van der Waals surface area (Å²) >= 11 is 3.01. The molecule has 16 heavy (non-hydrogen) atoms. The first kappa shape index (κ1) is 11.4. The van der Waals surface area contributed by atoms with Gasteiger partial charge in [0.15, 0.2) is 0 Å². The molecule has 0 aliphatic heterocycles. The van der Waals surface area contributed by atoms with Crippen LogP contribution in [0, 0.1) is 0 Å². The van der Waals surface area contributed by atoms with Gasteiger partial charge in [-0.25, -0.2) is 9.37 Å². The quantitative estimate of drug-likeness (QED) is 0.735. The fraction of sp³-hybridized carbons (Fsp3) is 0.222. The molecule has 0 aromatic carbocycles. The Kier molecular flexibility index (Phi) is 2.65. The number of hydrogen-bond donors (Lipinski definition) is 0. The predicted octanol–water partition coefficient (Wildman–Crippen LogP) is 3.59. The van der Waals surface area contributed by atoms with E-state index in [1.165, 1.54) is 6.07 Å².